The van der Waals surface area contributed by atoms with Crippen molar-refractivity contribution in [3.05, 3.63) is 63.5 Å². The van der Waals surface area contributed by atoms with Gasteiger partial charge < -0.3 is 10.2 Å². The lowest BCUT2D eigenvalue weighted by Gasteiger charge is -2.08. The summed E-state index contributed by atoms with van der Waals surface area (Å²) < 4.78 is 0. The lowest BCUT2D eigenvalue weighted by Crippen LogP contribution is -2.09. The minimum Gasteiger partial charge on any atom is -0.376 e. The van der Waals surface area contributed by atoms with E-state index in [1.54, 1.807) is 0 Å². The van der Waals surface area contributed by atoms with Crippen molar-refractivity contribution in [2.75, 3.05) is 26.0 Å². The molecular weight excluding hydrogens is 393 g/mol. The Kier molecular flexibility index (Phi) is 8.81. The molecule has 1 N–H and O–H groups in total. The number of nitrogens with one attached hydrogen (secondary N) is 1. The average Bonchev–Trinajstić information content (AvgIpc) is 2.96. The molecule has 2 heterocycles. The molecule has 1 aromatic rings. The molecule has 0 amide bonds. The number of carbonyl (C=O) groups is 1. The number of aromatic nitrogens is 1. The number of rotatable bonds is 3. The molecule has 1 aromatic heterocycles. The average molecular weight is 420 g/mol. The SMILES string of the molecule is CN1C=C(Cl)CC(C=O)=CC1.CNc1ccc(C2=C(Cl)CCCC(C)=C2)cn1. The van der Waals surface area contributed by atoms with Gasteiger partial charge in [0.1, 0.15) is 12.1 Å². The van der Waals surface area contributed by atoms with Gasteiger partial charge in [0.15, 0.2) is 0 Å². The van der Waals surface area contributed by atoms with Gasteiger partial charge in [-0.05, 0) is 49.5 Å². The van der Waals surface area contributed by atoms with E-state index in [-0.39, 0.29) is 0 Å². The van der Waals surface area contributed by atoms with Crippen molar-refractivity contribution < 1.29 is 4.79 Å². The molecule has 0 fully saturated rings. The summed E-state index contributed by atoms with van der Waals surface area (Å²) >= 11 is 12.2. The minimum atomic E-state index is 0.565. The lowest BCUT2D eigenvalue weighted by atomic mass is 10.1. The van der Waals surface area contributed by atoms with Crippen molar-refractivity contribution in [2.24, 2.45) is 0 Å². The van der Waals surface area contributed by atoms with E-state index in [9.17, 15) is 4.79 Å². The molecule has 6 heteroatoms. The van der Waals surface area contributed by atoms with Crippen molar-refractivity contribution in [2.45, 2.75) is 32.6 Å². The third-order valence-electron chi connectivity index (χ3n) is 4.51. The molecule has 150 valence electrons. The standard InChI is InChI=1S/C14H17ClN2.C8H10ClNO/c1-10-4-3-5-13(15)12(8-10)11-6-7-14(16-2)17-9-11;1-10-3-2-7(6-11)4-8(9)5-10/h6-9H,3-5H2,1-2H3,(H,16,17);2,5-6H,3-4H2,1H3. The van der Waals surface area contributed by atoms with Gasteiger partial charge in [-0.2, -0.15) is 0 Å². The molecule has 3 rings (SSSR count). The number of halogens is 2. The number of pyridine rings is 1. The Hall–Kier alpha value is -2.04. The van der Waals surface area contributed by atoms with Crippen LogP contribution in [0.3, 0.4) is 0 Å². The van der Waals surface area contributed by atoms with E-state index >= 15 is 0 Å². The number of nitrogens with zero attached hydrogens (tertiary/aromatic N) is 2. The first-order valence-electron chi connectivity index (χ1n) is 9.33. The Labute approximate surface area is 177 Å². The van der Waals surface area contributed by atoms with Gasteiger partial charge in [0, 0.05) is 55.1 Å². The van der Waals surface area contributed by atoms with E-state index in [2.05, 4.69) is 29.4 Å². The fourth-order valence-corrected chi connectivity index (χ4v) is 3.57. The van der Waals surface area contributed by atoms with E-state index in [0.717, 1.165) is 59.7 Å². The summed E-state index contributed by atoms with van der Waals surface area (Å²) in [5, 5.41) is 4.67. The Balaban J connectivity index is 0.000000221. The highest BCUT2D eigenvalue weighted by atomic mass is 35.5. The summed E-state index contributed by atoms with van der Waals surface area (Å²) in [4.78, 5) is 16.7. The van der Waals surface area contributed by atoms with Crippen LogP contribution in [0.1, 0.15) is 38.2 Å². The fourth-order valence-electron chi connectivity index (χ4n) is 2.95. The van der Waals surface area contributed by atoms with Crippen molar-refractivity contribution in [3.63, 3.8) is 0 Å². The lowest BCUT2D eigenvalue weighted by molar-refractivity contribution is -0.105. The molecule has 4 nitrogen and oxygen atoms in total. The number of carbonyl (C=O) groups excluding carboxylic acids is 1. The molecule has 0 saturated heterocycles. The quantitative estimate of drug-likeness (QED) is 0.635. The van der Waals surface area contributed by atoms with Crippen LogP contribution in [0.5, 0.6) is 0 Å². The predicted molar refractivity (Wildman–Crippen MR) is 119 cm³/mol. The number of allylic oxidation sites excluding steroid dienone is 6. The molecule has 0 unspecified atom stereocenters. The minimum absolute atomic E-state index is 0.565. The van der Waals surface area contributed by atoms with Crippen LogP contribution in [-0.2, 0) is 4.79 Å². The van der Waals surface area contributed by atoms with Gasteiger partial charge in [0.2, 0.25) is 0 Å². The maximum atomic E-state index is 10.4. The second kappa shape index (κ2) is 11.1. The largest absolute Gasteiger partial charge is 0.376 e. The summed E-state index contributed by atoms with van der Waals surface area (Å²) in [6.45, 7) is 2.91. The van der Waals surface area contributed by atoms with Crippen LogP contribution in [0.25, 0.3) is 5.57 Å². The van der Waals surface area contributed by atoms with Gasteiger partial charge in [-0.15, -0.1) is 0 Å². The third-order valence-corrected chi connectivity index (χ3v) is 5.13. The van der Waals surface area contributed by atoms with Crippen LogP contribution in [0.4, 0.5) is 5.82 Å². The number of hydrogen-bond acceptors (Lipinski definition) is 4. The second-order valence-electron chi connectivity index (χ2n) is 6.93. The molecule has 0 aromatic carbocycles. The van der Waals surface area contributed by atoms with Gasteiger partial charge in [-0.25, -0.2) is 4.98 Å². The molecule has 0 atom stereocenters. The van der Waals surface area contributed by atoms with Gasteiger partial charge >= 0.3 is 0 Å². The first-order chi connectivity index (χ1) is 13.4. The highest BCUT2D eigenvalue weighted by molar-refractivity contribution is 6.33. The highest BCUT2D eigenvalue weighted by Crippen LogP contribution is 2.31. The normalized spacial score (nSPS) is 17.3. The van der Waals surface area contributed by atoms with Gasteiger partial charge in [0.05, 0.1) is 0 Å². The first kappa shape index (κ1) is 22.3. The van der Waals surface area contributed by atoms with Crippen LogP contribution in [0, 0.1) is 0 Å². The summed E-state index contributed by atoms with van der Waals surface area (Å²) in [5.41, 5.74) is 4.36. The zero-order valence-electron chi connectivity index (χ0n) is 16.6. The van der Waals surface area contributed by atoms with Gasteiger partial charge in [0.25, 0.3) is 0 Å². The molecule has 0 bridgehead atoms. The van der Waals surface area contributed by atoms with E-state index < -0.39 is 0 Å². The molecule has 28 heavy (non-hydrogen) atoms. The second-order valence-corrected chi connectivity index (χ2v) is 7.88. The monoisotopic (exact) mass is 419 g/mol. The van der Waals surface area contributed by atoms with Crippen LogP contribution in [0.15, 0.2) is 57.9 Å². The number of hydrogen-bond donors (Lipinski definition) is 1. The van der Waals surface area contributed by atoms with Crippen LogP contribution < -0.4 is 5.32 Å². The maximum Gasteiger partial charge on any atom is 0.146 e. The summed E-state index contributed by atoms with van der Waals surface area (Å²) in [6.07, 6.45) is 12.4. The van der Waals surface area contributed by atoms with Crippen molar-refractivity contribution >= 4 is 40.9 Å². The summed E-state index contributed by atoms with van der Waals surface area (Å²) in [5.74, 6) is 0.875. The van der Waals surface area contributed by atoms with Crippen molar-refractivity contribution in [3.8, 4) is 0 Å². The molecule has 1 aliphatic carbocycles. The smallest absolute Gasteiger partial charge is 0.146 e. The third kappa shape index (κ3) is 6.84. The molecule has 0 spiro atoms. The van der Waals surface area contributed by atoms with Crippen LogP contribution in [-0.4, -0.2) is 36.8 Å². The molecule has 0 saturated carbocycles. The first-order valence-corrected chi connectivity index (χ1v) is 10.1. The number of anilines is 1. The van der Waals surface area contributed by atoms with Gasteiger partial charge in [-0.1, -0.05) is 40.9 Å². The van der Waals surface area contributed by atoms with Crippen LogP contribution >= 0.6 is 23.2 Å². The van der Waals surface area contributed by atoms with E-state index in [1.807, 2.05) is 43.5 Å². The van der Waals surface area contributed by atoms with Gasteiger partial charge in [-0.3, -0.25) is 4.79 Å². The molecule has 0 radical (unpaired) electrons. The van der Waals surface area contributed by atoms with Crippen molar-refractivity contribution in [1.29, 1.82) is 0 Å². The Morgan fingerprint density at radius 3 is 2.68 bits per heavy atom. The van der Waals surface area contributed by atoms with Crippen LogP contribution in [0.2, 0.25) is 0 Å². The molecule has 2 aliphatic rings. The summed E-state index contributed by atoms with van der Waals surface area (Å²) in [7, 11) is 3.79. The Morgan fingerprint density at radius 2 is 2.04 bits per heavy atom. The van der Waals surface area contributed by atoms with E-state index in [4.69, 9.17) is 23.2 Å². The number of aldehydes is 1. The topological polar surface area (TPSA) is 45.2 Å². The predicted octanol–water partition coefficient (Wildman–Crippen LogP) is 5.73. The highest BCUT2D eigenvalue weighted by Gasteiger charge is 2.10. The summed E-state index contributed by atoms with van der Waals surface area (Å²) in [6, 6.07) is 4.03. The zero-order valence-corrected chi connectivity index (χ0v) is 18.1. The van der Waals surface area contributed by atoms with E-state index in [0.29, 0.717) is 11.5 Å². The molecular formula is C22H27Cl2N3O. The fraction of sp³-hybridized carbons (Fsp3) is 0.364. The Morgan fingerprint density at radius 1 is 1.25 bits per heavy atom. The van der Waals surface area contributed by atoms with Crippen molar-refractivity contribution in [1.82, 2.24) is 9.88 Å². The molecule has 1 aliphatic heterocycles. The maximum absolute atomic E-state index is 10.4. The zero-order chi connectivity index (χ0) is 20.5. The Bertz CT molecular complexity index is 808. The number of likely N-dealkylation sites (N-methyl/N-ethyl adjacent to an activating group) is 1. The van der Waals surface area contributed by atoms with E-state index in [1.165, 1.54) is 5.57 Å².